The summed E-state index contributed by atoms with van der Waals surface area (Å²) < 4.78 is 0. The van der Waals surface area contributed by atoms with Gasteiger partial charge >= 0.3 is 0 Å². The van der Waals surface area contributed by atoms with Crippen LogP contribution in [0.1, 0.15) is 28.7 Å². The maximum Gasteiger partial charge on any atom is 0.244 e. The number of fused-ring (bicyclic) bond motifs is 1. The van der Waals surface area contributed by atoms with Crippen molar-refractivity contribution in [1.82, 2.24) is 4.90 Å². The predicted molar refractivity (Wildman–Crippen MR) is 123 cm³/mol. The van der Waals surface area contributed by atoms with Gasteiger partial charge in [-0.15, -0.1) is 0 Å². The number of carbonyl (C=O) groups excluding carboxylic acids is 2. The summed E-state index contributed by atoms with van der Waals surface area (Å²) >= 11 is 1.39. The molecule has 156 valence electrons. The number of hydrogen-bond donors (Lipinski definition) is 1. The molecule has 4 rings (SSSR count). The van der Waals surface area contributed by atoms with E-state index < -0.39 is 5.25 Å². The SMILES string of the molecule is Cc1ccc(NC(=O)CC2SC3=NCN(c4ccc(C)cc4C)CN3C2=O)c(C)c1. The molecule has 2 amide bonds. The Hall–Kier alpha value is -2.80. The van der Waals surface area contributed by atoms with Crippen LogP contribution in [0.2, 0.25) is 0 Å². The van der Waals surface area contributed by atoms with Crippen LogP contribution in [0.4, 0.5) is 11.4 Å². The maximum absolute atomic E-state index is 13.0. The van der Waals surface area contributed by atoms with E-state index in [0.717, 1.165) is 28.1 Å². The summed E-state index contributed by atoms with van der Waals surface area (Å²) in [6.07, 6.45) is 0.135. The Morgan fingerprint density at radius 1 is 1.10 bits per heavy atom. The van der Waals surface area contributed by atoms with Crippen LogP contribution in [-0.4, -0.2) is 40.5 Å². The number of aliphatic imine (C=N–C) groups is 1. The van der Waals surface area contributed by atoms with Gasteiger partial charge < -0.3 is 10.2 Å². The number of amides is 2. The Bertz CT molecular complexity index is 1050. The molecule has 0 saturated carbocycles. The van der Waals surface area contributed by atoms with E-state index in [1.54, 1.807) is 4.90 Å². The lowest BCUT2D eigenvalue weighted by atomic mass is 10.1. The average molecular weight is 423 g/mol. The molecular weight excluding hydrogens is 396 g/mol. The van der Waals surface area contributed by atoms with Gasteiger partial charge in [0.1, 0.15) is 18.6 Å². The van der Waals surface area contributed by atoms with E-state index in [-0.39, 0.29) is 18.2 Å². The van der Waals surface area contributed by atoms with Crippen molar-refractivity contribution in [3.63, 3.8) is 0 Å². The second-order valence-electron chi connectivity index (χ2n) is 8.00. The second-order valence-corrected chi connectivity index (χ2v) is 9.17. The van der Waals surface area contributed by atoms with Gasteiger partial charge in [-0.3, -0.25) is 14.5 Å². The summed E-state index contributed by atoms with van der Waals surface area (Å²) in [4.78, 5) is 33.9. The largest absolute Gasteiger partial charge is 0.333 e. The summed E-state index contributed by atoms with van der Waals surface area (Å²) in [6, 6.07) is 12.2. The van der Waals surface area contributed by atoms with Crippen molar-refractivity contribution in [2.75, 3.05) is 23.6 Å². The van der Waals surface area contributed by atoms with Crippen molar-refractivity contribution < 1.29 is 9.59 Å². The number of amidine groups is 1. The van der Waals surface area contributed by atoms with E-state index in [1.807, 2.05) is 32.0 Å². The minimum atomic E-state index is -0.437. The van der Waals surface area contributed by atoms with E-state index >= 15 is 0 Å². The molecule has 1 saturated heterocycles. The zero-order chi connectivity index (χ0) is 21.4. The normalized spacial score (nSPS) is 18.3. The second kappa shape index (κ2) is 8.14. The molecule has 0 spiro atoms. The fourth-order valence-electron chi connectivity index (χ4n) is 3.89. The van der Waals surface area contributed by atoms with Crippen molar-refractivity contribution >= 4 is 40.1 Å². The molecule has 30 heavy (non-hydrogen) atoms. The van der Waals surface area contributed by atoms with Gasteiger partial charge in [-0.1, -0.05) is 47.2 Å². The number of nitrogens with zero attached hydrogens (tertiary/aromatic N) is 3. The quantitative estimate of drug-likeness (QED) is 0.809. The fourth-order valence-corrected chi connectivity index (χ4v) is 5.01. The summed E-state index contributed by atoms with van der Waals surface area (Å²) in [7, 11) is 0. The van der Waals surface area contributed by atoms with Crippen LogP contribution in [0.3, 0.4) is 0 Å². The van der Waals surface area contributed by atoms with Gasteiger partial charge in [0.15, 0.2) is 5.17 Å². The predicted octanol–water partition coefficient (Wildman–Crippen LogP) is 3.98. The number of benzene rings is 2. The smallest absolute Gasteiger partial charge is 0.244 e. The molecule has 1 N–H and O–H groups in total. The number of nitrogens with one attached hydrogen (secondary N) is 1. The summed E-state index contributed by atoms with van der Waals surface area (Å²) in [6.45, 7) is 9.10. The van der Waals surface area contributed by atoms with Crippen molar-refractivity contribution in [2.24, 2.45) is 4.99 Å². The summed E-state index contributed by atoms with van der Waals surface area (Å²) in [5, 5.41) is 3.22. The van der Waals surface area contributed by atoms with Crippen LogP contribution in [0.25, 0.3) is 0 Å². The molecule has 0 radical (unpaired) electrons. The van der Waals surface area contributed by atoms with Crippen LogP contribution in [0.15, 0.2) is 41.4 Å². The first-order chi connectivity index (χ1) is 14.3. The maximum atomic E-state index is 13.0. The van der Waals surface area contributed by atoms with Gasteiger partial charge in [0.05, 0.1) is 0 Å². The lowest BCUT2D eigenvalue weighted by Gasteiger charge is -2.33. The minimum absolute atomic E-state index is 0.0519. The third-order valence-electron chi connectivity index (χ3n) is 5.43. The van der Waals surface area contributed by atoms with Crippen LogP contribution in [0, 0.1) is 27.7 Å². The first-order valence-corrected chi connectivity index (χ1v) is 10.9. The fraction of sp³-hybridized carbons (Fsp3) is 0.348. The lowest BCUT2D eigenvalue weighted by Crippen LogP contribution is -2.46. The zero-order valence-electron chi connectivity index (χ0n) is 17.7. The molecule has 0 aromatic heterocycles. The van der Waals surface area contributed by atoms with Crippen molar-refractivity contribution in [1.29, 1.82) is 0 Å². The van der Waals surface area contributed by atoms with E-state index in [1.165, 1.54) is 17.3 Å². The molecule has 2 aromatic carbocycles. The molecule has 2 aliphatic heterocycles. The Labute approximate surface area is 181 Å². The number of aryl methyl sites for hydroxylation is 4. The Morgan fingerprint density at radius 3 is 2.50 bits per heavy atom. The molecule has 0 aliphatic carbocycles. The number of anilines is 2. The molecule has 7 heteroatoms. The standard InChI is InChI=1S/C23H26N4O2S/c1-14-5-7-18(16(3)9-14)25-21(28)11-20-22(29)27-13-26(12-24-23(27)30-20)19-8-6-15(2)10-17(19)4/h5-10,20H,11-13H2,1-4H3,(H,25,28). The minimum Gasteiger partial charge on any atom is -0.333 e. The van der Waals surface area contributed by atoms with Crippen LogP contribution in [-0.2, 0) is 9.59 Å². The van der Waals surface area contributed by atoms with E-state index in [2.05, 4.69) is 47.3 Å². The van der Waals surface area contributed by atoms with Gasteiger partial charge in [0.25, 0.3) is 0 Å². The highest BCUT2D eigenvalue weighted by Gasteiger charge is 2.41. The molecule has 1 fully saturated rings. The van der Waals surface area contributed by atoms with Gasteiger partial charge in [0, 0.05) is 17.8 Å². The number of thioether (sulfide) groups is 1. The zero-order valence-corrected chi connectivity index (χ0v) is 18.5. The summed E-state index contributed by atoms with van der Waals surface area (Å²) in [5.41, 5.74) is 6.40. The molecule has 6 nitrogen and oxygen atoms in total. The van der Waals surface area contributed by atoms with Gasteiger partial charge in [0.2, 0.25) is 11.8 Å². The van der Waals surface area contributed by atoms with Gasteiger partial charge in [-0.25, -0.2) is 4.99 Å². The average Bonchev–Trinajstić information content (AvgIpc) is 2.99. The van der Waals surface area contributed by atoms with E-state index in [9.17, 15) is 9.59 Å². The van der Waals surface area contributed by atoms with Gasteiger partial charge in [-0.2, -0.15) is 0 Å². The molecule has 1 atom stereocenters. The van der Waals surface area contributed by atoms with Crippen molar-refractivity contribution in [3.8, 4) is 0 Å². The molecule has 1 unspecified atom stereocenters. The molecular formula is C23H26N4O2S. The monoisotopic (exact) mass is 422 g/mol. The molecule has 2 heterocycles. The van der Waals surface area contributed by atoms with Gasteiger partial charge in [-0.05, 0) is 51.0 Å². The van der Waals surface area contributed by atoms with Crippen molar-refractivity contribution in [3.05, 3.63) is 58.7 Å². The Balaban J connectivity index is 1.42. The van der Waals surface area contributed by atoms with Crippen LogP contribution in [0.5, 0.6) is 0 Å². The molecule has 2 aromatic rings. The highest BCUT2D eigenvalue weighted by atomic mass is 32.2. The number of hydrogen-bond acceptors (Lipinski definition) is 5. The third-order valence-corrected chi connectivity index (χ3v) is 6.64. The first-order valence-electron chi connectivity index (χ1n) is 10.0. The highest BCUT2D eigenvalue weighted by Crippen LogP contribution is 2.34. The van der Waals surface area contributed by atoms with Crippen molar-refractivity contribution in [2.45, 2.75) is 39.4 Å². The topological polar surface area (TPSA) is 65.0 Å². The van der Waals surface area contributed by atoms with Crippen LogP contribution >= 0.6 is 11.8 Å². The van der Waals surface area contributed by atoms with Crippen LogP contribution < -0.4 is 10.2 Å². The summed E-state index contributed by atoms with van der Waals surface area (Å²) in [5.74, 6) is -0.205. The lowest BCUT2D eigenvalue weighted by molar-refractivity contribution is -0.128. The third kappa shape index (κ3) is 4.07. The number of rotatable bonds is 4. The number of carbonyl (C=O) groups is 2. The van der Waals surface area contributed by atoms with E-state index in [4.69, 9.17) is 0 Å². The van der Waals surface area contributed by atoms with E-state index in [0.29, 0.717) is 18.5 Å². The Morgan fingerprint density at radius 2 is 1.80 bits per heavy atom. The molecule has 0 bridgehead atoms. The molecule has 2 aliphatic rings. The first kappa shape index (κ1) is 20.5. The highest BCUT2D eigenvalue weighted by molar-refractivity contribution is 8.15. The Kier molecular flexibility index (Phi) is 5.56.